The van der Waals surface area contributed by atoms with E-state index in [0.29, 0.717) is 13.2 Å². The van der Waals surface area contributed by atoms with Crippen LogP contribution in [-0.4, -0.2) is 55.4 Å². The first-order chi connectivity index (χ1) is 15.3. The third-order valence-corrected chi connectivity index (χ3v) is 6.69. The maximum atomic E-state index is 5.87. The molecule has 4 aromatic rings. The van der Waals surface area contributed by atoms with Crippen molar-refractivity contribution in [1.29, 1.82) is 0 Å². The van der Waals surface area contributed by atoms with E-state index < -0.39 is 0 Å². The van der Waals surface area contributed by atoms with Crippen molar-refractivity contribution >= 4 is 29.5 Å². The Morgan fingerprint density at radius 2 is 1.68 bits per heavy atom. The third-order valence-electron chi connectivity index (χ3n) is 5.39. The Bertz CT molecular complexity index is 1160. The summed E-state index contributed by atoms with van der Waals surface area (Å²) in [6.45, 7) is 5.01. The molecule has 0 saturated carbocycles. The number of thiophene rings is 1. The summed E-state index contributed by atoms with van der Waals surface area (Å²) in [5.74, 6) is 1.73. The fourth-order valence-electron chi connectivity index (χ4n) is 3.76. The van der Waals surface area contributed by atoms with Crippen LogP contribution >= 0.6 is 23.6 Å². The zero-order valence-corrected chi connectivity index (χ0v) is 18.7. The van der Waals surface area contributed by atoms with Crippen molar-refractivity contribution in [2.45, 2.75) is 13.2 Å². The Balaban J connectivity index is 1.35. The molecule has 7 nitrogen and oxygen atoms in total. The highest BCUT2D eigenvalue weighted by molar-refractivity contribution is 7.71. The Morgan fingerprint density at radius 3 is 2.39 bits per heavy atom. The first-order valence-electron chi connectivity index (χ1n) is 10.3. The lowest BCUT2D eigenvalue weighted by Crippen LogP contribution is -2.47. The molecule has 9 heteroatoms. The number of hydrogen-bond acceptors (Lipinski definition) is 7. The van der Waals surface area contributed by atoms with Crippen LogP contribution < -0.4 is 4.90 Å². The topological polar surface area (TPSA) is 55.0 Å². The molecule has 5 rings (SSSR count). The minimum Gasteiger partial charge on any atom is -0.338 e. The predicted octanol–water partition coefficient (Wildman–Crippen LogP) is 3.76. The average Bonchev–Trinajstić information content (AvgIpc) is 3.45. The van der Waals surface area contributed by atoms with Crippen LogP contribution in [0.25, 0.3) is 10.7 Å². The molecule has 0 aliphatic carbocycles. The second-order valence-electron chi connectivity index (χ2n) is 7.45. The molecule has 0 unspecified atom stereocenters. The van der Waals surface area contributed by atoms with Crippen LogP contribution in [0.15, 0.2) is 66.3 Å². The van der Waals surface area contributed by atoms with Crippen molar-refractivity contribution in [1.82, 2.24) is 29.2 Å². The lowest BCUT2D eigenvalue weighted by Gasteiger charge is -2.34. The smallest absolute Gasteiger partial charge is 0.225 e. The van der Waals surface area contributed by atoms with E-state index in [1.165, 1.54) is 5.56 Å². The molecule has 0 N–H and O–H groups in total. The van der Waals surface area contributed by atoms with Crippen molar-refractivity contribution in [3.05, 3.63) is 76.6 Å². The van der Waals surface area contributed by atoms with E-state index in [9.17, 15) is 0 Å². The van der Waals surface area contributed by atoms with Gasteiger partial charge in [0, 0.05) is 38.6 Å². The van der Waals surface area contributed by atoms with Gasteiger partial charge in [0.15, 0.2) is 10.6 Å². The number of anilines is 1. The quantitative estimate of drug-likeness (QED) is 0.418. The van der Waals surface area contributed by atoms with Gasteiger partial charge in [-0.1, -0.05) is 36.4 Å². The minimum absolute atomic E-state index is 0.683. The highest BCUT2D eigenvalue weighted by atomic mass is 32.1. The molecule has 0 amide bonds. The zero-order valence-electron chi connectivity index (χ0n) is 17.0. The van der Waals surface area contributed by atoms with Crippen molar-refractivity contribution < 1.29 is 0 Å². The van der Waals surface area contributed by atoms with Gasteiger partial charge in [-0.05, 0) is 35.3 Å². The van der Waals surface area contributed by atoms with Crippen LogP contribution in [0.3, 0.4) is 0 Å². The van der Waals surface area contributed by atoms with Crippen molar-refractivity contribution in [2.75, 3.05) is 31.1 Å². The summed E-state index contributed by atoms with van der Waals surface area (Å²) in [5.41, 5.74) is 1.22. The summed E-state index contributed by atoms with van der Waals surface area (Å²) < 4.78 is 4.85. The molecule has 1 aromatic carbocycles. The molecule has 31 heavy (non-hydrogen) atoms. The maximum absolute atomic E-state index is 5.87. The van der Waals surface area contributed by atoms with E-state index in [1.807, 2.05) is 16.8 Å². The Kier molecular flexibility index (Phi) is 5.88. The van der Waals surface area contributed by atoms with Gasteiger partial charge in [0.2, 0.25) is 5.95 Å². The van der Waals surface area contributed by atoms with E-state index in [-0.39, 0.29) is 0 Å². The van der Waals surface area contributed by atoms with Gasteiger partial charge < -0.3 is 4.90 Å². The number of piperazine rings is 1. The van der Waals surface area contributed by atoms with Crippen molar-refractivity contribution in [2.24, 2.45) is 0 Å². The molecule has 1 fully saturated rings. The second-order valence-corrected chi connectivity index (χ2v) is 8.76. The summed E-state index contributed by atoms with van der Waals surface area (Å²) >= 11 is 7.55. The van der Waals surface area contributed by atoms with E-state index >= 15 is 0 Å². The van der Waals surface area contributed by atoms with Crippen LogP contribution in [0.2, 0.25) is 0 Å². The Labute approximate surface area is 190 Å². The lowest BCUT2D eigenvalue weighted by atomic mass is 10.2. The van der Waals surface area contributed by atoms with Gasteiger partial charge in [0.05, 0.1) is 18.1 Å². The number of hydrogen-bond donors (Lipinski definition) is 0. The van der Waals surface area contributed by atoms with E-state index in [0.717, 1.165) is 47.6 Å². The van der Waals surface area contributed by atoms with Crippen LogP contribution in [-0.2, 0) is 13.2 Å². The minimum atomic E-state index is 0.683. The molecule has 3 aromatic heterocycles. The van der Waals surface area contributed by atoms with Gasteiger partial charge in [-0.15, -0.1) is 16.4 Å². The highest BCUT2D eigenvalue weighted by Crippen LogP contribution is 2.25. The first-order valence-corrected chi connectivity index (χ1v) is 11.6. The molecule has 1 saturated heterocycles. The van der Waals surface area contributed by atoms with Crippen molar-refractivity contribution in [3.8, 4) is 10.7 Å². The van der Waals surface area contributed by atoms with Crippen LogP contribution in [0, 0.1) is 4.77 Å². The molecular formula is C22H23N7S2. The highest BCUT2D eigenvalue weighted by Gasteiger charge is 2.21. The summed E-state index contributed by atoms with van der Waals surface area (Å²) in [6, 6.07) is 16.4. The standard InChI is InChI=1S/C22H23N7S2/c30-22-28(16-18-6-2-1-3-7-18)20(19-8-4-15-31-19)25-29(22)17-26-11-13-27(14-12-26)21-23-9-5-10-24-21/h1-10,15H,11-14,16-17H2. The normalized spacial score (nSPS) is 14.8. The van der Waals surface area contributed by atoms with Crippen molar-refractivity contribution in [3.63, 3.8) is 0 Å². The number of aromatic nitrogens is 5. The molecule has 1 aliphatic rings. The fourth-order valence-corrected chi connectivity index (χ4v) is 4.73. The molecular weight excluding hydrogens is 426 g/mol. The summed E-state index contributed by atoms with van der Waals surface area (Å²) in [4.78, 5) is 14.5. The summed E-state index contributed by atoms with van der Waals surface area (Å²) in [7, 11) is 0. The number of nitrogens with zero attached hydrogens (tertiary/aromatic N) is 7. The Hall–Kier alpha value is -2.88. The number of benzene rings is 1. The van der Waals surface area contributed by atoms with Crippen LogP contribution in [0.4, 0.5) is 5.95 Å². The molecule has 0 spiro atoms. The average molecular weight is 450 g/mol. The van der Waals surface area contributed by atoms with E-state index in [1.54, 1.807) is 23.7 Å². The fraction of sp³-hybridized carbons (Fsp3) is 0.273. The SMILES string of the molecule is S=c1n(CN2CCN(c3ncccn3)CC2)nc(-c2cccs2)n1Cc1ccccc1. The van der Waals surface area contributed by atoms with E-state index in [2.05, 4.69) is 66.1 Å². The monoisotopic (exact) mass is 449 g/mol. The lowest BCUT2D eigenvalue weighted by molar-refractivity contribution is 0.193. The maximum Gasteiger partial charge on any atom is 0.225 e. The molecule has 0 radical (unpaired) electrons. The van der Waals surface area contributed by atoms with Crippen LogP contribution in [0.1, 0.15) is 5.56 Å². The number of rotatable bonds is 6. The van der Waals surface area contributed by atoms with Gasteiger partial charge in [0.25, 0.3) is 0 Å². The van der Waals surface area contributed by atoms with Gasteiger partial charge >= 0.3 is 0 Å². The summed E-state index contributed by atoms with van der Waals surface area (Å²) in [6.07, 6.45) is 3.58. The molecule has 4 heterocycles. The molecule has 158 valence electrons. The molecule has 0 atom stereocenters. The summed E-state index contributed by atoms with van der Waals surface area (Å²) in [5, 5.41) is 7.00. The van der Waals surface area contributed by atoms with Crippen LogP contribution in [0.5, 0.6) is 0 Å². The van der Waals surface area contributed by atoms with Gasteiger partial charge in [-0.3, -0.25) is 9.47 Å². The van der Waals surface area contributed by atoms with Gasteiger partial charge in [-0.2, -0.15) is 0 Å². The third kappa shape index (κ3) is 4.43. The molecule has 1 aliphatic heterocycles. The first kappa shape index (κ1) is 20.0. The largest absolute Gasteiger partial charge is 0.338 e. The molecule has 0 bridgehead atoms. The Morgan fingerprint density at radius 1 is 0.903 bits per heavy atom. The second kappa shape index (κ2) is 9.09. The zero-order chi connectivity index (χ0) is 21.0. The van der Waals surface area contributed by atoms with E-state index in [4.69, 9.17) is 17.3 Å². The van der Waals surface area contributed by atoms with Gasteiger partial charge in [0.1, 0.15) is 0 Å². The van der Waals surface area contributed by atoms with Gasteiger partial charge in [-0.25, -0.2) is 14.6 Å². The predicted molar refractivity (Wildman–Crippen MR) is 126 cm³/mol.